The van der Waals surface area contributed by atoms with Gasteiger partial charge in [-0.25, -0.2) is 9.78 Å². The molecule has 1 aliphatic heterocycles. The molecule has 1 aliphatic rings. The normalized spacial score (nSPS) is 14.0. The van der Waals surface area contributed by atoms with Gasteiger partial charge in [-0.2, -0.15) is 0 Å². The first-order valence-corrected chi connectivity index (χ1v) is 9.45. The first-order valence-electron chi connectivity index (χ1n) is 8.46. The third-order valence-electron chi connectivity index (χ3n) is 4.14. The van der Waals surface area contributed by atoms with Gasteiger partial charge in [-0.3, -0.25) is 5.10 Å². The Morgan fingerprint density at radius 3 is 2.88 bits per heavy atom. The summed E-state index contributed by atoms with van der Waals surface area (Å²) in [6.45, 7) is 5.48. The largest absolute Gasteiger partial charge is 0.486 e. The molecule has 3 rings (SSSR count). The molecule has 8 nitrogen and oxygen atoms in total. The molecule has 140 valence electrons. The number of hydrogen-bond acceptors (Lipinski definition) is 6. The molecule has 2 N–H and O–H groups in total. The van der Waals surface area contributed by atoms with Crippen LogP contribution in [0.2, 0.25) is 0 Å². The topological polar surface area (TPSA) is 92.4 Å². The lowest BCUT2D eigenvalue weighted by molar-refractivity contribution is 0.170. The number of nitrogens with one attached hydrogen (secondary N) is 2. The van der Waals surface area contributed by atoms with Crippen LogP contribution in [0.1, 0.15) is 24.4 Å². The number of benzene rings is 1. The maximum atomic E-state index is 12.4. The van der Waals surface area contributed by atoms with Crippen LogP contribution < -0.4 is 14.8 Å². The SMILES string of the molecule is Cc1nc(SCCNC(=O)N(C)C(C)c2ccc3c(c2)OCCO3)n[nH]1. The maximum absolute atomic E-state index is 12.4. The first kappa shape index (κ1) is 18.4. The number of aryl methyl sites for hydroxylation is 1. The lowest BCUT2D eigenvalue weighted by Crippen LogP contribution is -2.39. The van der Waals surface area contributed by atoms with Crippen molar-refractivity contribution in [2.75, 3.05) is 32.6 Å². The van der Waals surface area contributed by atoms with E-state index < -0.39 is 0 Å². The summed E-state index contributed by atoms with van der Waals surface area (Å²) >= 11 is 1.50. The number of fused-ring (bicyclic) bond motifs is 1. The summed E-state index contributed by atoms with van der Waals surface area (Å²) in [4.78, 5) is 18.3. The molecule has 0 fully saturated rings. The summed E-state index contributed by atoms with van der Waals surface area (Å²) < 4.78 is 11.2. The lowest BCUT2D eigenvalue weighted by Gasteiger charge is -2.27. The van der Waals surface area contributed by atoms with E-state index in [2.05, 4.69) is 20.5 Å². The zero-order valence-electron chi connectivity index (χ0n) is 15.1. The van der Waals surface area contributed by atoms with Crippen molar-refractivity contribution in [2.24, 2.45) is 0 Å². The third kappa shape index (κ3) is 4.40. The molecule has 1 atom stereocenters. The van der Waals surface area contributed by atoms with Gasteiger partial charge in [-0.15, -0.1) is 5.10 Å². The van der Waals surface area contributed by atoms with E-state index >= 15 is 0 Å². The van der Waals surface area contributed by atoms with E-state index in [1.807, 2.05) is 32.0 Å². The molecule has 0 saturated heterocycles. The van der Waals surface area contributed by atoms with E-state index in [-0.39, 0.29) is 12.1 Å². The Labute approximate surface area is 156 Å². The quantitative estimate of drug-likeness (QED) is 0.593. The standard InChI is InChI=1S/C17H23N5O3S/c1-11(13-4-5-14-15(10-13)25-8-7-24-14)22(3)17(23)18-6-9-26-16-19-12(2)20-21-16/h4-5,10-11H,6-9H2,1-3H3,(H,18,23)(H,19,20,21). The number of aromatic nitrogens is 3. The molecule has 0 saturated carbocycles. The van der Waals surface area contributed by atoms with Crippen LogP contribution in [-0.2, 0) is 0 Å². The first-order chi connectivity index (χ1) is 12.5. The fourth-order valence-electron chi connectivity index (χ4n) is 2.53. The zero-order valence-corrected chi connectivity index (χ0v) is 15.9. The summed E-state index contributed by atoms with van der Waals surface area (Å²) in [7, 11) is 1.78. The van der Waals surface area contributed by atoms with E-state index in [0.29, 0.717) is 30.7 Å². The van der Waals surface area contributed by atoms with Gasteiger partial charge in [0.05, 0.1) is 6.04 Å². The molecule has 0 spiro atoms. The van der Waals surface area contributed by atoms with Crippen LogP contribution in [-0.4, -0.2) is 58.7 Å². The molecule has 1 aromatic heterocycles. The van der Waals surface area contributed by atoms with Crippen molar-refractivity contribution >= 4 is 17.8 Å². The van der Waals surface area contributed by atoms with E-state index in [4.69, 9.17) is 9.47 Å². The summed E-state index contributed by atoms with van der Waals surface area (Å²) in [6, 6.07) is 5.57. The van der Waals surface area contributed by atoms with E-state index in [1.54, 1.807) is 11.9 Å². The number of nitrogens with zero attached hydrogens (tertiary/aromatic N) is 3. The highest BCUT2D eigenvalue weighted by molar-refractivity contribution is 7.99. The second kappa shape index (κ2) is 8.31. The Hall–Kier alpha value is -2.42. The molecular formula is C17H23N5O3S. The number of carbonyl (C=O) groups excluding carboxylic acids is 1. The molecule has 0 aliphatic carbocycles. The molecule has 9 heteroatoms. The van der Waals surface area contributed by atoms with Crippen LogP contribution >= 0.6 is 11.8 Å². The van der Waals surface area contributed by atoms with Gasteiger partial charge in [0.1, 0.15) is 19.0 Å². The number of urea groups is 1. The van der Waals surface area contributed by atoms with E-state index in [1.165, 1.54) is 11.8 Å². The molecule has 26 heavy (non-hydrogen) atoms. The van der Waals surface area contributed by atoms with E-state index in [9.17, 15) is 4.79 Å². The van der Waals surface area contributed by atoms with Crippen LogP contribution in [0.5, 0.6) is 11.5 Å². The fraction of sp³-hybridized carbons (Fsp3) is 0.471. The van der Waals surface area contributed by atoms with Crippen molar-refractivity contribution in [1.29, 1.82) is 0 Å². The number of aromatic amines is 1. The Balaban J connectivity index is 1.49. The highest BCUT2D eigenvalue weighted by Gasteiger charge is 2.20. The zero-order chi connectivity index (χ0) is 18.5. The molecule has 0 radical (unpaired) electrons. The van der Waals surface area contributed by atoms with Crippen LogP contribution in [0.3, 0.4) is 0 Å². The minimum Gasteiger partial charge on any atom is -0.486 e. The minimum absolute atomic E-state index is 0.0888. The molecule has 1 unspecified atom stereocenters. The van der Waals surface area contributed by atoms with Crippen LogP contribution in [0.25, 0.3) is 0 Å². The molecule has 2 aromatic rings. The molecular weight excluding hydrogens is 354 g/mol. The van der Waals surface area contributed by atoms with Gasteiger partial charge in [0.15, 0.2) is 11.5 Å². The average molecular weight is 377 g/mol. The Morgan fingerprint density at radius 2 is 2.15 bits per heavy atom. The molecule has 1 aromatic carbocycles. The molecule has 2 heterocycles. The summed E-state index contributed by atoms with van der Waals surface area (Å²) in [5, 5.41) is 10.5. The number of amides is 2. The number of ether oxygens (including phenoxy) is 2. The van der Waals surface area contributed by atoms with Gasteiger partial charge < -0.3 is 19.7 Å². The van der Waals surface area contributed by atoms with E-state index in [0.717, 1.165) is 22.9 Å². The predicted octanol–water partition coefficient (Wildman–Crippen LogP) is 2.38. The number of rotatable bonds is 6. The second-order valence-corrected chi connectivity index (χ2v) is 7.04. The van der Waals surface area contributed by atoms with Crippen LogP contribution in [0, 0.1) is 6.92 Å². The van der Waals surface area contributed by atoms with Crippen molar-refractivity contribution in [1.82, 2.24) is 25.4 Å². The Bertz CT molecular complexity index is 767. The van der Waals surface area contributed by atoms with Crippen LogP contribution in [0.4, 0.5) is 4.79 Å². The second-order valence-electron chi connectivity index (χ2n) is 5.97. The summed E-state index contributed by atoms with van der Waals surface area (Å²) in [5.41, 5.74) is 0.998. The lowest BCUT2D eigenvalue weighted by atomic mass is 10.1. The van der Waals surface area contributed by atoms with Crippen molar-refractivity contribution in [2.45, 2.75) is 25.0 Å². The van der Waals surface area contributed by atoms with Gasteiger partial charge in [-0.05, 0) is 31.5 Å². The Morgan fingerprint density at radius 1 is 1.38 bits per heavy atom. The predicted molar refractivity (Wildman–Crippen MR) is 98.9 cm³/mol. The highest BCUT2D eigenvalue weighted by Crippen LogP contribution is 2.33. The monoisotopic (exact) mass is 377 g/mol. The number of thioether (sulfide) groups is 1. The molecule has 0 bridgehead atoms. The van der Waals surface area contributed by atoms with Gasteiger partial charge in [0.25, 0.3) is 0 Å². The van der Waals surface area contributed by atoms with Gasteiger partial charge in [0, 0.05) is 19.3 Å². The van der Waals surface area contributed by atoms with Crippen molar-refractivity contribution < 1.29 is 14.3 Å². The fourth-order valence-corrected chi connectivity index (χ4v) is 3.23. The maximum Gasteiger partial charge on any atom is 0.317 e. The third-order valence-corrected chi connectivity index (χ3v) is 4.99. The van der Waals surface area contributed by atoms with Gasteiger partial charge >= 0.3 is 6.03 Å². The Kier molecular flexibility index (Phi) is 5.87. The van der Waals surface area contributed by atoms with Crippen molar-refractivity contribution in [3.8, 4) is 11.5 Å². The van der Waals surface area contributed by atoms with Gasteiger partial charge in [0.2, 0.25) is 5.16 Å². The number of hydrogen-bond donors (Lipinski definition) is 2. The summed E-state index contributed by atoms with van der Waals surface area (Å²) in [5.74, 6) is 2.96. The van der Waals surface area contributed by atoms with Crippen molar-refractivity contribution in [3.63, 3.8) is 0 Å². The average Bonchev–Trinajstić information content (AvgIpc) is 3.08. The smallest absolute Gasteiger partial charge is 0.317 e. The minimum atomic E-state index is -0.126. The highest BCUT2D eigenvalue weighted by atomic mass is 32.2. The summed E-state index contributed by atoms with van der Waals surface area (Å²) in [6.07, 6.45) is 0. The van der Waals surface area contributed by atoms with Gasteiger partial charge in [-0.1, -0.05) is 17.8 Å². The number of H-pyrrole nitrogens is 1. The molecule has 2 amide bonds. The number of carbonyl (C=O) groups is 1. The van der Waals surface area contributed by atoms with Crippen molar-refractivity contribution in [3.05, 3.63) is 29.6 Å². The van der Waals surface area contributed by atoms with Crippen LogP contribution in [0.15, 0.2) is 23.4 Å².